The van der Waals surface area contributed by atoms with Crippen molar-refractivity contribution in [2.24, 2.45) is 11.7 Å². The minimum absolute atomic E-state index is 0.00893. The molecule has 1 fully saturated rings. The summed E-state index contributed by atoms with van der Waals surface area (Å²) in [6.45, 7) is 6.61. The monoisotopic (exact) mass is 586 g/mol. The molecule has 1 heterocycles. The molecule has 2 aromatic rings. The first-order valence-corrected chi connectivity index (χ1v) is 12.2. The van der Waals surface area contributed by atoms with E-state index in [0.29, 0.717) is 18.7 Å². The number of benzene rings is 2. The number of hydrogen-bond donors (Lipinski definition) is 1. The van der Waals surface area contributed by atoms with Gasteiger partial charge in [-0.05, 0) is 85.5 Å². The molecule has 0 aliphatic carbocycles. The zero-order valence-corrected chi connectivity index (χ0v) is 21.7. The second-order valence-corrected chi connectivity index (χ2v) is 10.7. The highest BCUT2D eigenvalue weighted by molar-refractivity contribution is 14.1. The van der Waals surface area contributed by atoms with Crippen LogP contribution in [0, 0.1) is 21.1 Å². The van der Waals surface area contributed by atoms with Gasteiger partial charge in [0.2, 0.25) is 0 Å². The molecular weight excluding hydrogens is 557 g/mol. The highest BCUT2D eigenvalue weighted by Gasteiger charge is 2.28. The van der Waals surface area contributed by atoms with E-state index < -0.39 is 23.1 Å². The van der Waals surface area contributed by atoms with Gasteiger partial charge in [0.05, 0.1) is 12.2 Å². The van der Waals surface area contributed by atoms with Gasteiger partial charge in [-0.15, -0.1) is 0 Å². The number of piperidine rings is 1. The molecule has 0 bridgehead atoms. The van der Waals surface area contributed by atoms with E-state index in [0.717, 1.165) is 22.5 Å². The summed E-state index contributed by atoms with van der Waals surface area (Å²) in [5, 5.41) is 0. The van der Waals surface area contributed by atoms with Crippen LogP contribution >= 0.6 is 22.6 Å². The number of amides is 2. The van der Waals surface area contributed by atoms with Gasteiger partial charge in [0.15, 0.2) is 0 Å². The number of halogens is 3. The van der Waals surface area contributed by atoms with Crippen LogP contribution in [0.4, 0.5) is 13.6 Å². The van der Waals surface area contributed by atoms with E-state index in [1.165, 1.54) is 12.1 Å². The van der Waals surface area contributed by atoms with Crippen LogP contribution in [-0.4, -0.2) is 42.2 Å². The number of ether oxygens (including phenoxy) is 2. The van der Waals surface area contributed by atoms with Gasteiger partial charge >= 0.3 is 6.09 Å². The lowest BCUT2D eigenvalue weighted by Gasteiger charge is -2.34. The maximum absolute atomic E-state index is 14.4. The maximum Gasteiger partial charge on any atom is 0.410 e. The van der Waals surface area contributed by atoms with Gasteiger partial charge in [-0.1, -0.05) is 6.07 Å². The van der Waals surface area contributed by atoms with E-state index in [2.05, 4.69) is 0 Å². The predicted molar refractivity (Wildman–Crippen MR) is 133 cm³/mol. The molecule has 0 saturated carbocycles. The molecule has 2 amide bonds. The largest absolute Gasteiger partial charge is 0.492 e. The Labute approximate surface area is 211 Å². The van der Waals surface area contributed by atoms with Crippen molar-refractivity contribution in [3.05, 3.63) is 62.2 Å². The summed E-state index contributed by atoms with van der Waals surface area (Å²) in [6.07, 6.45) is 1.19. The normalized spacial score (nSPS) is 16.3. The number of nitrogens with zero attached hydrogens (tertiary/aromatic N) is 1. The molecule has 1 unspecified atom stereocenters. The number of primary amides is 1. The van der Waals surface area contributed by atoms with Crippen LogP contribution in [0.25, 0.3) is 0 Å². The molecule has 9 heteroatoms. The number of hydrogen-bond acceptors (Lipinski definition) is 4. The van der Waals surface area contributed by atoms with Gasteiger partial charge in [-0.2, -0.15) is 0 Å². The SMILES string of the molecule is CC(C)(C)OC(=O)N1CCCC(COc2cc(F)cc(Cc3ccc(I)cc3F)c2C(N)=O)C1. The summed E-state index contributed by atoms with van der Waals surface area (Å²) >= 11 is 2.00. The Balaban J connectivity index is 1.76. The van der Waals surface area contributed by atoms with E-state index in [9.17, 15) is 18.4 Å². The third kappa shape index (κ3) is 7.04. The molecule has 0 aromatic heterocycles. The fraction of sp³-hybridized carbons (Fsp3) is 0.440. The van der Waals surface area contributed by atoms with E-state index >= 15 is 0 Å². The molecule has 3 rings (SSSR count). The van der Waals surface area contributed by atoms with Crippen molar-refractivity contribution in [2.75, 3.05) is 19.7 Å². The van der Waals surface area contributed by atoms with Crippen LogP contribution in [0.15, 0.2) is 30.3 Å². The fourth-order valence-electron chi connectivity index (χ4n) is 3.94. The van der Waals surface area contributed by atoms with Gasteiger partial charge in [0, 0.05) is 35.1 Å². The topological polar surface area (TPSA) is 81.9 Å². The van der Waals surface area contributed by atoms with E-state index in [1.807, 2.05) is 43.4 Å². The molecule has 0 radical (unpaired) electrons. The van der Waals surface area contributed by atoms with Gasteiger partial charge in [0.25, 0.3) is 5.91 Å². The average Bonchev–Trinajstić information content (AvgIpc) is 2.72. The van der Waals surface area contributed by atoms with Crippen LogP contribution < -0.4 is 10.5 Å². The summed E-state index contributed by atoms with van der Waals surface area (Å²) in [6, 6.07) is 6.99. The van der Waals surface area contributed by atoms with Gasteiger partial charge < -0.3 is 20.1 Å². The van der Waals surface area contributed by atoms with Gasteiger partial charge in [0.1, 0.15) is 23.0 Å². The molecule has 2 aromatic carbocycles. The first-order chi connectivity index (χ1) is 15.9. The lowest BCUT2D eigenvalue weighted by atomic mass is 9.97. The van der Waals surface area contributed by atoms with Crippen molar-refractivity contribution in [1.29, 1.82) is 0 Å². The Morgan fingerprint density at radius 2 is 1.91 bits per heavy atom. The summed E-state index contributed by atoms with van der Waals surface area (Å²) < 4.78 is 40.8. The van der Waals surface area contributed by atoms with Gasteiger partial charge in [-0.25, -0.2) is 13.6 Å². The van der Waals surface area contributed by atoms with Crippen LogP contribution in [0.5, 0.6) is 5.75 Å². The van der Waals surface area contributed by atoms with Crippen LogP contribution in [0.3, 0.4) is 0 Å². The molecule has 0 spiro atoms. The Bertz CT molecular complexity index is 1070. The van der Waals surface area contributed by atoms with Crippen molar-refractivity contribution in [3.8, 4) is 5.75 Å². The van der Waals surface area contributed by atoms with Crippen molar-refractivity contribution >= 4 is 34.6 Å². The van der Waals surface area contributed by atoms with Crippen molar-refractivity contribution in [2.45, 2.75) is 45.6 Å². The first kappa shape index (κ1) is 26.2. The van der Waals surface area contributed by atoms with Crippen LogP contribution in [-0.2, 0) is 11.2 Å². The molecule has 1 aliphatic heterocycles. The zero-order chi connectivity index (χ0) is 25.0. The second kappa shape index (κ2) is 10.9. The molecular formula is C25H29F2IN2O4. The van der Waals surface area contributed by atoms with E-state index in [1.54, 1.807) is 17.0 Å². The Morgan fingerprint density at radius 1 is 1.18 bits per heavy atom. The average molecular weight is 586 g/mol. The summed E-state index contributed by atoms with van der Waals surface area (Å²) in [7, 11) is 0. The molecule has 34 heavy (non-hydrogen) atoms. The zero-order valence-electron chi connectivity index (χ0n) is 19.5. The minimum Gasteiger partial charge on any atom is -0.492 e. The van der Waals surface area contributed by atoms with Crippen molar-refractivity contribution in [1.82, 2.24) is 4.90 Å². The van der Waals surface area contributed by atoms with Crippen molar-refractivity contribution in [3.63, 3.8) is 0 Å². The number of nitrogens with two attached hydrogens (primary N) is 1. The highest BCUT2D eigenvalue weighted by Crippen LogP contribution is 2.29. The Kier molecular flexibility index (Phi) is 8.38. The summed E-state index contributed by atoms with van der Waals surface area (Å²) in [5.41, 5.74) is 5.61. The Hall–Kier alpha value is -2.43. The third-order valence-electron chi connectivity index (χ3n) is 5.44. The second-order valence-electron chi connectivity index (χ2n) is 9.46. The number of carbonyl (C=O) groups is 2. The number of rotatable bonds is 6. The summed E-state index contributed by atoms with van der Waals surface area (Å²) in [4.78, 5) is 26.3. The first-order valence-electron chi connectivity index (χ1n) is 11.1. The molecule has 1 saturated heterocycles. The number of likely N-dealkylation sites (tertiary alicyclic amines) is 1. The van der Waals surface area contributed by atoms with Crippen LogP contribution in [0.2, 0.25) is 0 Å². The number of carbonyl (C=O) groups excluding carboxylic acids is 2. The summed E-state index contributed by atoms with van der Waals surface area (Å²) in [5.74, 6) is -1.85. The van der Waals surface area contributed by atoms with Gasteiger partial charge in [-0.3, -0.25) is 4.79 Å². The fourth-order valence-corrected chi connectivity index (χ4v) is 4.39. The standard InChI is InChI=1S/C25H29F2IN2O4/c1-25(2,3)34-24(32)30-8-4-5-15(13-30)14-33-21-11-18(26)10-17(22(21)23(29)31)9-16-6-7-19(28)12-20(16)27/h6-7,10-12,15H,4-5,8-9,13-14H2,1-3H3,(H2,29,31). The molecule has 6 nitrogen and oxygen atoms in total. The molecule has 1 aliphatic rings. The third-order valence-corrected chi connectivity index (χ3v) is 6.11. The highest BCUT2D eigenvalue weighted by atomic mass is 127. The Morgan fingerprint density at radius 3 is 2.56 bits per heavy atom. The lowest BCUT2D eigenvalue weighted by Crippen LogP contribution is -2.44. The predicted octanol–water partition coefficient (Wildman–Crippen LogP) is 5.29. The lowest BCUT2D eigenvalue weighted by molar-refractivity contribution is 0.0139. The molecule has 184 valence electrons. The van der Waals surface area contributed by atoms with E-state index in [4.69, 9.17) is 15.2 Å². The van der Waals surface area contributed by atoms with Crippen molar-refractivity contribution < 1.29 is 27.8 Å². The van der Waals surface area contributed by atoms with E-state index in [-0.39, 0.29) is 41.9 Å². The molecule has 2 N–H and O–H groups in total. The minimum atomic E-state index is -0.782. The quantitative estimate of drug-likeness (QED) is 0.467. The van der Waals surface area contributed by atoms with Crippen LogP contribution in [0.1, 0.15) is 55.1 Å². The maximum atomic E-state index is 14.4. The smallest absolute Gasteiger partial charge is 0.410 e. The molecule has 1 atom stereocenters.